The fraction of sp³-hybridized carbons (Fsp3) is 0.583. The molecule has 0 unspecified atom stereocenters. The monoisotopic (exact) mass is 281 g/mol. The maximum Gasteiger partial charge on any atom is 0.226 e. The van der Waals surface area contributed by atoms with Gasteiger partial charge < -0.3 is 15.0 Å². The smallest absolute Gasteiger partial charge is 0.226 e. The minimum absolute atomic E-state index is 0.193. The van der Waals surface area contributed by atoms with E-state index in [4.69, 9.17) is 16.3 Å². The molecular formula is C12H16ClN5O. The van der Waals surface area contributed by atoms with E-state index in [1.165, 1.54) is 25.7 Å². The molecule has 7 heteroatoms. The number of nitrogens with one attached hydrogen (secondary N) is 2. The summed E-state index contributed by atoms with van der Waals surface area (Å²) in [6, 6.07) is 0. The fourth-order valence-electron chi connectivity index (χ4n) is 2.38. The average Bonchev–Trinajstić information content (AvgIpc) is 3.04. The van der Waals surface area contributed by atoms with Gasteiger partial charge in [0, 0.05) is 6.54 Å². The van der Waals surface area contributed by atoms with Gasteiger partial charge in [0.25, 0.3) is 0 Å². The zero-order valence-corrected chi connectivity index (χ0v) is 11.3. The van der Waals surface area contributed by atoms with Gasteiger partial charge in [-0.1, -0.05) is 12.8 Å². The lowest BCUT2D eigenvalue weighted by Crippen LogP contribution is -2.16. The predicted molar refractivity (Wildman–Crippen MR) is 73.4 cm³/mol. The summed E-state index contributed by atoms with van der Waals surface area (Å²) in [4.78, 5) is 15.3. The van der Waals surface area contributed by atoms with Gasteiger partial charge in [0.05, 0.1) is 19.0 Å². The molecule has 0 aliphatic heterocycles. The van der Waals surface area contributed by atoms with Gasteiger partial charge in [0.2, 0.25) is 5.28 Å². The van der Waals surface area contributed by atoms with E-state index < -0.39 is 0 Å². The second kappa shape index (κ2) is 5.71. The summed E-state index contributed by atoms with van der Waals surface area (Å²) in [7, 11) is 0. The van der Waals surface area contributed by atoms with Crippen molar-refractivity contribution >= 4 is 28.6 Å². The van der Waals surface area contributed by atoms with Gasteiger partial charge in [-0.15, -0.1) is 0 Å². The van der Waals surface area contributed by atoms with Crippen molar-refractivity contribution in [2.75, 3.05) is 18.5 Å². The fourth-order valence-corrected chi connectivity index (χ4v) is 2.55. The van der Waals surface area contributed by atoms with Gasteiger partial charge in [0.15, 0.2) is 11.5 Å². The van der Waals surface area contributed by atoms with Crippen LogP contribution in [0.3, 0.4) is 0 Å². The number of imidazole rings is 1. The first-order valence-corrected chi connectivity index (χ1v) is 6.93. The van der Waals surface area contributed by atoms with Crippen LogP contribution in [0.2, 0.25) is 5.28 Å². The Kier molecular flexibility index (Phi) is 3.79. The largest absolute Gasteiger partial charge is 0.376 e. The summed E-state index contributed by atoms with van der Waals surface area (Å²) < 4.78 is 5.78. The molecular weight excluding hydrogens is 266 g/mol. The first-order chi connectivity index (χ1) is 9.33. The minimum atomic E-state index is 0.193. The van der Waals surface area contributed by atoms with E-state index >= 15 is 0 Å². The molecule has 6 nitrogen and oxygen atoms in total. The van der Waals surface area contributed by atoms with Crippen molar-refractivity contribution in [2.24, 2.45) is 0 Å². The number of hydrogen-bond donors (Lipinski definition) is 2. The predicted octanol–water partition coefficient (Wildman–Crippen LogP) is 2.38. The minimum Gasteiger partial charge on any atom is -0.376 e. The third kappa shape index (κ3) is 2.96. The van der Waals surface area contributed by atoms with Crippen LogP contribution in [0.1, 0.15) is 25.7 Å². The van der Waals surface area contributed by atoms with E-state index in [9.17, 15) is 0 Å². The second-order valence-electron chi connectivity index (χ2n) is 4.65. The standard InChI is InChI=1S/C12H16ClN5O/c13-12-17-10(9-11(18-12)16-7-15-9)14-5-6-19-8-3-1-2-4-8/h7-8H,1-6H2,(H2,14,15,16,17,18). The number of aromatic amines is 1. The molecule has 3 rings (SSSR count). The van der Waals surface area contributed by atoms with Crippen molar-refractivity contribution in [1.82, 2.24) is 19.9 Å². The molecule has 0 saturated heterocycles. The summed E-state index contributed by atoms with van der Waals surface area (Å²) in [5.74, 6) is 0.669. The number of aromatic nitrogens is 4. The van der Waals surface area contributed by atoms with Crippen LogP contribution in [-0.4, -0.2) is 39.2 Å². The zero-order chi connectivity index (χ0) is 13.1. The Bertz CT molecular complexity index is 552. The highest BCUT2D eigenvalue weighted by Crippen LogP contribution is 2.21. The molecule has 0 amide bonds. The second-order valence-corrected chi connectivity index (χ2v) is 4.98. The van der Waals surface area contributed by atoms with Crippen molar-refractivity contribution < 1.29 is 4.74 Å². The average molecular weight is 282 g/mol. The third-order valence-electron chi connectivity index (χ3n) is 3.31. The highest BCUT2D eigenvalue weighted by Gasteiger charge is 2.15. The van der Waals surface area contributed by atoms with Crippen molar-refractivity contribution in [1.29, 1.82) is 0 Å². The number of H-pyrrole nitrogens is 1. The molecule has 1 aliphatic carbocycles. The summed E-state index contributed by atoms with van der Waals surface area (Å²) in [6.07, 6.45) is 6.95. The number of halogens is 1. The number of fused-ring (bicyclic) bond motifs is 1. The quantitative estimate of drug-likeness (QED) is 0.650. The Labute approximate surface area is 115 Å². The van der Waals surface area contributed by atoms with Gasteiger partial charge >= 0.3 is 0 Å². The maximum atomic E-state index is 5.85. The van der Waals surface area contributed by atoms with Gasteiger partial charge in [-0.3, -0.25) is 0 Å². The molecule has 0 aromatic carbocycles. The van der Waals surface area contributed by atoms with Gasteiger partial charge in [0.1, 0.15) is 5.52 Å². The van der Waals surface area contributed by atoms with E-state index in [2.05, 4.69) is 25.3 Å². The Hall–Kier alpha value is -1.40. The molecule has 0 radical (unpaired) electrons. The first-order valence-electron chi connectivity index (χ1n) is 6.55. The number of anilines is 1. The number of hydrogen-bond acceptors (Lipinski definition) is 5. The van der Waals surface area contributed by atoms with E-state index in [0.717, 1.165) is 5.52 Å². The first kappa shape index (κ1) is 12.6. The summed E-state index contributed by atoms with van der Waals surface area (Å²) >= 11 is 5.85. The van der Waals surface area contributed by atoms with Gasteiger partial charge in [-0.05, 0) is 24.4 Å². The normalized spacial score (nSPS) is 16.3. The highest BCUT2D eigenvalue weighted by molar-refractivity contribution is 6.28. The van der Waals surface area contributed by atoms with E-state index in [1.807, 2.05) is 0 Å². The van der Waals surface area contributed by atoms with Crippen LogP contribution < -0.4 is 5.32 Å². The molecule has 2 aromatic heterocycles. The molecule has 0 bridgehead atoms. The molecule has 1 aliphatic rings. The maximum absolute atomic E-state index is 5.85. The van der Waals surface area contributed by atoms with Crippen molar-refractivity contribution in [2.45, 2.75) is 31.8 Å². The lowest BCUT2D eigenvalue weighted by Gasteiger charge is -2.11. The SMILES string of the molecule is Clc1nc(NCCOC2CCCC2)c2[nH]cnc2n1. The van der Waals surface area contributed by atoms with Gasteiger partial charge in [-0.2, -0.15) is 9.97 Å². The summed E-state index contributed by atoms with van der Waals surface area (Å²) in [5, 5.41) is 3.40. The highest BCUT2D eigenvalue weighted by atomic mass is 35.5. The Morgan fingerprint density at radius 2 is 2.21 bits per heavy atom. The van der Waals surface area contributed by atoms with E-state index in [-0.39, 0.29) is 5.28 Å². The summed E-state index contributed by atoms with van der Waals surface area (Å²) in [5.41, 5.74) is 1.34. The van der Waals surface area contributed by atoms with Crippen LogP contribution in [-0.2, 0) is 4.74 Å². The van der Waals surface area contributed by atoms with Crippen LogP contribution in [0, 0.1) is 0 Å². The molecule has 0 spiro atoms. The van der Waals surface area contributed by atoms with Crippen LogP contribution in [0.25, 0.3) is 11.2 Å². The molecule has 102 valence electrons. The van der Waals surface area contributed by atoms with E-state index in [1.54, 1.807) is 6.33 Å². The lowest BCUT2D eigenvalue weighted by atomic mass is 10.3. The molecule has 1 fully saturated rings. The van der Waals surface area contributed by atoms with Crippen molar-refractivity contribution in [3.05, 3.63) is 11.6 Å². The zero-order valence-electron chi connectivity index (χ0n) is 10.5. The van der Waals surface area contributed by atoms with Crippen LogP contribution in [0.15, 0.2) is 6.33 Å². The Morgan fingerprint density at radius 1 is 1.37 bits per heavy atom. The number of ether oxygens (including phenoxy) is 1. The van der Waals surface area contributed by atoms with Crippen molar-refractivity contribution in [3.63, 3.8) is 0 Å². The van der Waals surface area contributed by atoms with E-state index in [0.29, 0.717) is 30.7 Å². The molecule has 2 heterocycles. The molecule has 2 aromatic rings. The van der Waals surface area contributed by atoms with Gasteiger partial charge in [-0.25, -0.2) is 4.98 Å². The van der Waals surface area contributed by atoms with Crippen LogP contribution >= 0.6 is 11.6 Å². The third-order valence-corrected chi connectivity index (χ3v) is 3.48. The van der Waals surface area contributed by atoms with Crippen LogP contribution in [0.5, 0.6) is 0 Å². The molecule has 0 atom stereocenters. The molecule has 19 heavy (non-hydrogen) atoms. The Morgan fingerprint density at radius 3 is 3.05 bits per heavy atom. The topological polar surface area (TPSA) is 75.7 Å². The number of nitrogens with zero attached hydrogens (tertiary/aromatic N) is 3. The van der Waals surface area contributed by atoms with Crippen LogP contribution in [0.4, 0.5) is 5.82 Å². The lowest BCUT2D eigenvalue weighted by molar-refractivity contribution is 0.0659. The number of rotatable bonds is 5. The molecule has 2 N–H and O–H groups in total. The summed E-state index contributed by atoms with van der Waals surface area (Å²) in [6.45, 7) is 1.36. The Balaban J connectivity index is 1.57. The van der Waals surface area contributed by atoms with Crippen molar-refractivity contribution in [3.8, 4) is 0 Å². The molecule has 1 saturated carbocycles.